The number of hydrogen-bond donors (Lipinski definition) is 1. The van der Waals surface area contributed by atoms with Crippen molar-refractivity contribution in [3.05, 3.63) is 18.2 Å². The summed E-state index contributed by atoms with van der Waals surface area (Å²) in [6.07, 6.45) is 1.60. The normalized spacial score (nSPS) is 12.8. The lowest BCUT2D eigenvalue weighted by Gasteiger charge is -2.17. The summed E-state index contributed by atoms with van der Waals surface area (Å²) >= 11 is 0. The van der Waals surface area contributed by atoms with Gasteiger partial charge >= 0.3 is 0 Å². The van der Waals surface area contributed by atoms with E-state index in [1.54, 1.807) is 32.4 Å². The lowest BCUT2D eigenvalue weighted by atomic mass is 10.1. The third-order valence-corrected chi connectivity index (χ3v) is 3.91. The van der Waals surface area contributed by atoms with E-state index in [0.717, 1.165) is 12.8 Å². The monoisotopic (exact) mass is 317 g/mol. The quantitative estimate of drug-likeness (QED) is 0.750. The number of benzene rings is 1. The van der Waals surface area contributed by atoms with Crippen molar-refractivity contribution in [2.24, 2.45) is 11.1 Å². The van der Waals surface area contributed by atoms with Crippen molar-refractivity contribution in [3.8, 4) is 17.2 Å². The summed E-state index contributed by atoms with van der Waals surface area (Å²) in [4.78, 5) is 0. The van der Waals surface area contributed by atoms with Crippen LogP contribution in [0.2, 0.25) is 0 Å². The number of primary sulfonamides is 1. The number of hydrogen-bond acceptors (Lipinski definition) is 5. The average Bonchev–Trinajstić information content (AvgIpc) is 2.43. The van der Waals surface area contributed by atoms with Crippen LogP contribution in [-0.2, 0) is 10.0 Å². The molecule has 1 atom stereocenters. The Kier molecular flexibility index (Phi) is 6.77. The SMILES string of the molecule is CCCC(COc1cc(OC)cc(OC)c1)CS(N)(=O)=O. The van der Waals surface area contributed by atoms with Gasteiger partial charge in [0.25, 0.3) is 0 Å². The molecule has 0 saturated heterocycles. The molecule has 0 heterocycles. The Morgan fingerprint density at radius 1 is 1.10 bits per heavy atom. The summed E-state index contributed by atoms with van der Waals surface area (Å²) in [5.41, 5.74) is 0. The van der Waals surface area contributed by atoms with Gasteiger partial charge in [-0.1, -0.05) is 13.3 Å². The van der Waals surface area contributed by atoms with Crippen LogP contribution in [0.5, 0.6) is 17.2 Å². The van der Waals surface area contributed by atoms with E-state index < -0.39 is 10.0 Å². The van der Waals surface area contributed by atoms with Crippen molar-refractivity contribution in [1.82, 2.24) is 0 Å². The second-order valence-electron chi connectivity index (χ2n) is 4.84. The third kappa shape index (κ3) is 6.68. The maximum Gasteiger partial charge on any atom is 0.209 e. The number of sulfonamides is 1. The topological polar surface area (TPSA) is 87.8 Å². The number of rotatable bonds is 9. The first-order valence-electron chi connectivity index (χ1n) is 6.74. The van der Waals surface area contributed by atoms with Crippen molar-refractivity contribution in [2.45, 2.75) is 19.8 Å². The Morgan fingerprint density at radius 2 is 1.62 bits per heavy atom. The summed E-state index contributed by atoms with van der Waals surface area (Å²) in [7, 11) is -0.395. The van der Waals surface area contributed by atoms with E-state index in [1.807, 2.05) is 6.92 Å². The summed E-state index contributed by atoms with van der Waals surface area (Å²) in [6.45, 7) is 2.27. The molecule has 2 N–H and O–H groups in total. The van der Waals surface area contributed by atoms with Crippen molar-refractivity contribution in [1.29, 1.82) is 0 Å². The van der Waals surface area contributed by atoms with Crippen molar-refractivity contribution < 1.29 is 22.6 Å². The van der Waals surface area contributed by atoms with Gasteiger partial charge < -0.3 is 14.2 Å². The van der Waals surface area contributed by atoms with Crippen LogP contribution in [0.1, 0.15) is 19.8 Å². The molecule has 0 bridgehead atoms. The molecule has 0 aliphatic carbocycles. The Bertz CT molecular complexity index is 522. The molecule has 1 unspecified atom stereocenters. The highest BCUT2D eigenvalue weighted by Crippen LogP contribution is 2.28. The fourth-order valence-corrected chi connectivity index (χ4v) is 2.95. The van der Waals surface area contributed by atoms with Crippen molar-refractivity contribution in [3.63, 3.8) is 0 Å². The highest BCUT2D eigenvalue weighted by Gasteiger charge is 2.16. The molecular weight excluding hydrogens is 294 g/mol. The second-order valence-corrected chi connectivity index (χ2v) is 6.50. The Balaban J connectivity index is 2.74. The van der Waals surface area contributed by atoms with Gasteiger partial charge in [-0.05, 0) is 6.42 Å². The van der Waals surface area contributed by atoms with Crippen molar-refractivity contribution in [2.75, 3.05) is 26.6 Å². The molecule has 0 fully saturated rings. The minimum atomic E-state index is -3.50. The first-order valence-corrected chi connectivity index (χ1v) is 8.45. The van der Waals surface area contributed by atoms with Crippen LogP contribution in [0, 0.1) is 5.92 Å². The highest BCUT2D eigenvalue weighted by atomic mass is 32.2. The zero-order chi connectivity index (χ0) is 15.9. The highest BCUT2D eigenvalue weighted by molar-refractivity contribution is 7.89. The molecule has 7 heteroatoms. The van der Waals surface area contributed by atoms with Crippen molar-refractivity contribution >= 4 is 10.0 Å². The van der Waals surface area contributed by atoms with Crippen LogP contribution in [0.25, 0.3) is 0 Å². The van der Waals surface area contributed by atoms with E-state index in [2.05, 4.69) is 0 Å². The van der Waals surface area contributed by atoms with Gasteiger partial charge in [-0.15, -0.1) is 0 Å². The number of methoxy groups -OCH3 is 2. The van der Waals surface area contributed by atoms with E-state index in [4.69, 9.17) is 19.3 Å². The minimum absolute atomic E-state index is 0.0814. The summed E-state index contributed by atoms with van der Waals surface area (Å²) < 4.78 is 38.4. The zero-order valence-electron chi connectivity index (χ0n) is 12.7. The van der Waals surface area contributed by atoms with Gasteiger partial charge in [0.1, 0.15) is 17.2 Å². The molecule has 6 nitrogen and oxygen atoms in total. The van der Waals surface area contributed by atoms with Gasteiger partial charge in [-0.25, -0.2) is 13.6 Å². The molecule has 1 aromatic rings. The van der Waals surface area contributed by atoms with E-state index >= 15 is 0 Å². The predicted molar refractivity (Wildman–Crippen MR) is 81.4 cm³/mol. The molecule has 0 aliphatic rings. The molecular formula is C14H23NO5S. The van der Waals surface area contributed by atoms with E-state index in [9.17, 15) is 8.42 Å². The largest absolute Gasteiger partial charge is 0.496 e. The molecule has 0 spiro atoms. The average molecular weight is 317 g/mol. The van der Waals surface area contributed by atoms with E-state index in [0.29, 0.717) is 17.2 Å². The fraction of sp³-hybridized carbons (Fsp3) is 0.571. The van der Waals surface area contributed by atoms with Crippen LogP contribution in [0.4, 0.5) is 0 Å². The molecule has 21 heavy (non-hydrogen) atoms. The van der Waals surface area contributed by atoms with E-state index in [1.165, 1.54) is 0 Å². The molecule has 120 valence electrons. The summed E-state index contributed by atoms with van der Waals surface area (Å²) in [5.74, 6) is 1.58. The van der Waals surface area contributed by atoms with Gasteiger partial charge in [0.15, 0.2) is 0 Å². The molecule has 0 radical (unpaired) electrons. The standard InChI is InChI=1S/C14H23NO5S/c1-4-5-11(10-21(15,16)17)9-20-14-7-12(18-2)6-13(8-14)19-3/h6-8,11H,4-5,9-10H2,1-3H3,(H2,15,16,17). The molecule has 0 amide bonds. The molecule has 1 aromatic carbocycles. The maximum absolute atomic E-state index is 11.2. The molecule has 0 aliphatic heterocycles. The van der Waals surface area contributed by atoms with Crippen LogP contribution < -0.4 is 19.3 Å². The Morgan fingerprint density at radius 3 is 2.05 bits per heavy atom. The maximum atomic E-state index is 11.2. The van der Waals surface area contributed by atoms with Gasteiger partial charge in [-0.3, -0.25) is 0 Å². The van der Waals surface area contributed by atoms with E-state index in [-0.39, 0.29) is 18.3 Å². The Labute approximate surface area is 126 Å². The van der Waals surface area contributed by atoms with Crippen LogP contribution in [0.3, 0.4) is 0 Å². The predicted octanol–water partition coefficient (Wildman–Crippen LogP) is 1.79. The lowest BCUT2D eigenvalue weighted by Crippen LogP contribution is -2.27. The first kappa shape index (κ1) is 17.6. The van der Waals surface area contributed by atoms with Gasteiger partial charge in [0.05, 0.1) is 26.6 Å². The zero-order valence-corrected chi connectivity index (χ0v) is 13.5. The lowest BCUT2D eigenvalue weighted by molar-refractivity contribution is 0.250. The first-order chi connectivity index (χ1) is 9.87. The molecule has 0 aromatic heterocycles. The summed E-state index contributed by atoms with van der Waals surface area (Å²) in [6, 6.07) is 5.19. The van der Waals surface area contributed by atoms with Gasteiger partial charge in [0, 0.05) is 24.1 Å². The van der Waals surface area contributed by atoms with Gasteiger partial charge in [-0.2, -0.15) is 0 Å². The Hall–Kier alpha value is -1.47. The number of nitrogens with two attached hydrogens (primary N) is 1. The second kappa shape index (κ2) is 8.09. The molecule has 0 saturated carbocycles. The van der Waals surface area contributed by atoms with Crippen LogP contribution in [-0.4, -0.2) is 35.0 Å². The molecule has 1 rings (SSSR count). The van der Waals surface area contributed by atoms with Gasteiger partial charge in [0.2, 0.25) is 10.0 Å². The third-order valence-electron chi connectivity index (χ3n) is 2.98. The smallest absolute Gasteiger partial charge is 0.209 e. The summed E-state index contributed by atoms with van der Waals surface area (Å²) in [5, 5.41) is 5.10. The number of ether oxygens (including phenoxy) is 3. The minimum Gasteiger partial charge on any atom is -0.496 e. The van der Waals surface area contributed by atoms with Crippen LogP contribution >= 0.6 is 0 Å². The van der Waals surface area contributed by atoms with Crippen LogP contribution in [0.15, 0.2) is 18.2 Å². The fourth-order valence-electron chi connectivity index (χ4n) is 2.03.